The first kappa shape index (κ1) is 16.3. The van der Waals surface area contributed by atoms with E-state index < -0.39 is 0 Å². The predicted molar refractivity (Wildman–Crippen MR) is 102 cm³/mol. The number of amides is 1. The van der Waals surface area contributed by atoms with E-state index >= 15 is 0 Å². The topological polar surface area (TPSA) is 57.8 Å². The first-order valence-electron chi connectivity index (χ1n) is 8.84. The molecule has 0 aliphatic heterocycles. The molecule has 1 saturated carbocycles. The Kier molecular flexibility index (Phi) is 4.12. The van der Waals surface area contributed by atoms with Crippen molar-refractivity contribution in [2.45, 2.75) is 39.2 Å². The standard InChI is InChI=1S/C20H23N3OS/c1-11(2)18(17-9-8-12(3)25-17)23-20(24)14-10-13(14)19-21-15-6-4-5-7-16(15)22-19/h4-9,11,13-14,18H,10H2,1-3H3,(H,21,22)(H,23,24)/t13-,14-,18+/m0/s1. The predicted octanol–water partition coefficient (Wildman–Crippen LogP) is 4.55. The Morgan fingerprint density at radius 3 is 2.76 bits per heavy atom. The molecular weight excluding hydrogens is 330 g/mol. The molecule has 25 heavy (non-hydrogen) atoms. The number of aromatic amines is 1. The van der Waals surface area contributed by atoms with Gasteiger partial charge in [-0.15, -0.1) is 11.3 Å². The van der Waals surface area contributed by atoms with Gasteiger partial charge in [0.15, 0.2) is 0 Å². The van der Waals surface area contributed by atoms with Crippen LogP contribution in [0.4, 0.5) is 0 Å². The Hall–Kier alpha value is -2.14. The number of thiophene rings is 1. The molecule has 1 aliphatic carbocycles. The van der Waals surface area contributed by atoms with Crippen LogP contribution in [-0.4, -0.2) is 15.9 Å². The smallest absolute Gasteiger partial charge is 0.224 e. The molecule has 1 amide bonds. The van der Waals surface area contributed by atoms with Crippen LogP contribution < -0.4 is 5.32 Å². The Morgan fingerprint density at radius 2 is 2.08 bits per heavy atom. The van der Waals surface area contributed by atoms with Crippen LogP contribution in [-0.2, 0) is 4.79 Å². The second kappa shape index (κ2) is 6.30. The summed E-state index contributed by atoms with van der Waals surface area (Å²) >= 11 is 1.77. The second-order valence-electron chi connectivity index (χ2n) is 7.27. The van der Waals surface area contributed by atoms with Crippen molar-refractivity contribution in [2.75, 3.05) is 0 Å². The lowest BCUT2D eigenvalue weighted by Crippen LogP contribution is -2.32. The monoisotopic (exact) mass is 353 g/mol. The van der Waals surface area contributed by atoms with E-state index in [2.05, 4.69) is 48.2 Å². The van der Waals surface area contributed by atoms with Crippen molar-refractivity contribution in [1.29, 1.82) is 0 Å². The number of hydrogen-bond acceptors (Lipinski definition) is 3. The second-order valence-corrected chi connectivity index (χ2v) is 8.59. The zero-order valence-electron chi connectivity index (χ0n) is 14.7. The first-order chi connectivity index (χ1) is 12.0. The Morgan fingerprint density at radius 1 is 1.28 bits per heavy atom. The minimum absolute atomic E-state index is 0.0304. The highest BCUT2D eigenvalue weighted by Gasteiger charge is 2.46. The van der Waals surface area contributed by atoms with E-state index in [-0.39, 0.29) is 23.8 Å². The highest BCUT2D eigenvalue weighted by Crippen LogP contribution is 2.47. The van der Waals surface area contributed by atoms with Crippen LogP contribution >= 0.6 is 11.3 Å². The molecule has 1 aliphatic rings. The van der Waals surface area contributed by atoms with Gasteiger partial charge in [0.25, 0.3) is 0 Å². The molecule has 0 saturated heterocycles. The van der Waals surface area contributed by atoms with E-state index in [1.807, 2.05) is 24.3 Å². The Bertz CT molecular complexity index is 877. The van der Waals surface area contributed by atoms with Gasteiger partial charge >= 0.3 is 0 Å². The largest absolute Gasteiger partial charge is 0.348 e. The van der Waals surface area contributed by atoms with Crippen LogP contribution in [0.1, 0.15) is 47.8 Å². The number of carbonyl (C=O) groups is 1. The zero-order valence-corrected chi connectivity index (χ0v) is 15.6. The number of benzene rings is 1. The molecule has 1 fully saturated rings. The van der Waals surface area contributed by atoms with Crippen molar-refractivity contribution >= 4 is 28.3 Å². The van der Waals surface area contributed by atoms with Crippen LogP contribution in [0.5, 0.6) is 0 Å². The normalized spacial score (nSPS) is 20.8. The number of nitrogens with one attached hydrogen (secondary N) is 2. The fourth-order valence-corrected chi connectivity index (χ4v) is 4.48. The van der Waals surface area contributed by atoms with Gasteiger partial charge in [0.1, 0.15) is 5.82 Å². The summed E-state index contributed by atoms with van der Waals surface area (Å²) in [6, 6.07) is 12.4. The van der Waals surface area contributed by atoms with Crippen molar-refractivity contribution in [1.82, 2.24) is 15.3 Å². The molecule has 0 bridgehead atoms. The summed E-state index contributed by atoms with van der Waals surface area (Å²) < 4.78 is 0. The molecule has 2 N–H and O–H groups in total. The van der Waals surface area contributed by atoms with Gasteiger partial charge in [-0.3, -0.25) is 4.79 Å². The number of para-hydroxylation sites is 2. The van der Waals surface area contributed by atoms with Crippen LogP contribution in [0.3, 0.4) is 0 Å². The van der Waals surface area contributed by atoms with E-state index in [1.165, 1.54) is 9.75 Å². The molecule has 2 heterocycles. The molecule has 4 nitrogen and oxygen atoms in total. The van der Waals surface area contributed by atoms with E-state index in [0.717, 1.165) is 23.3 Å². The highest BCUT2D eigenvalue weighted by molar-refractivity contribution is 7.12. The average molecular weight is 353 g/mol. The van der Waals surface area contributed by atoms with Gasteiger partial charge in [-0.05, 0) is 43.5 Å². The summed E-state index contributed by atoms with van der Waals surface area (Å²) in [5, 5.41) is 3.27. The molecule has 0 unspecified atom stereocenters. The number of H-pyrrole nitrogens is 1. The van der Waals surface area contributed by atoms with Gasteiger partial charge in [0, 0.05) is 21.6 Å². The number of rotatable bonds is 5. The fourth-order valence-electron chi connectivity index (χ4n) is 3.38. The van der Waals surface area contributed by atoms with Gasteiger partial charge < -0.3 is 10.3 Å². The van der Waals surface area contributed by atoms with Crippen LogP contribution in [0.2, 0.25) is 0 Å². The van der Waals surface area contributed by atoms with Gasteiger partial charge in [-0.2, -0.15) is 0 Å². The third kappa shape index (κ3) is 3.21. The maximum absolute atomic E-state index is 12.8. The number of aromatic nitrogens is 2. The summed E-state index contributed by atoms with van der Waals surface area (Å²) in [5.41, 5.74) is 2.01. The summed E-state index contributed by atoms with van der Waals surface area (Å²) in [4.78, 5) is 23.3. The SMILES string of the molecule is Cc1ccc([C@H](NC(=O)[C@H]2C[C@@H]2c2nc3ccccc3[nH]2)C(C)C)s1. The molecular formula is C20H23N3OS. The quantitative estimate of drug-likeness (QED) is 0.707. The number of nitrogens with zero attached hydrogens (tertiary/aromatic N) is 1. The maximum Gasteiger partial charge on any atom is 0.224 e. The number of hydrogen-bond donors (Lipinski definition) is 2. The average Bonchev–Trinajstić information content (AvgIpc) is 3.09. The lowest BCUT2D eigenvalue weighted by Gasteiger charge is -2.21. The van der Waals surface area contributed by atoms with Crippen molar-refractivity contribution in [3.63, 3.8) is 0 Å². The summed E-state index contributed by atoms with van der Waals surface area (Å²) in [6.45, 7) is 6.42. The number of carbonyl (C=O) groups excluding carboxylic acids is 1. The van der Waals surface area contributed by atoms with E-state index in [4.69, 9.17) is 0 Å². The molecule has 130 valence electrons. The van der Waals surface area contributed by atoms with Gasteiger partial charge in [0.05, 0.1) is 17.1 Å². The first-order valence-corrected chi connectivity index (χ1v) is 9.66. The molecule has 2 aromatic heterocycles. The summed E-state index contributed by atoms with van der Waals surface area (Å²) in [7, 11) is 0. The van der Waals surface area contributed by atoms with E-state index in [1.54, 1.807) is 11.3 Å². The summed E-state index contributed by atoms with van der Waals surface area (Å²) in [6.07, 6.45) is 0.875. The molecule has 4 rings (SSSR count). The third-order valence-corrected chi connectivity index (χ3v) is 6.00. The van der Waals surface area contributed by atoms with Crippen molar-refractivity contribution in [3.05, 3.63) is 52.0 Å². The third-order valence-electron chi connectivity index (χ3n) is 4.92. The van der Waals surface area contributed by atoms with Crippen LogP contribution in [0.25, 0.3) is 11.0 Å². The number of imidazole rings is 1. The van der Waals surface area contributed by atoms with Crippen molar-refractivity contribution in [2.24, 2.45) is 11.8 Å². The Balaban J connectivity index is 1.46. The number of fused-ring (bicyclic) bond motifs is 1. The molecule has 0 spiro atoms. The Labute approximate surface area is 151 Å². The van der Waals surface area contributed by atoms with Crippen molar-refractivity contribution in [3.8, 4) is 0 Å². The molecule has 3 atom stereocenters. The molecule has 5 heteroatoms. The lowest BCUT2D eigenvalue weighted by molar-refractivity contribution is -0.123. The lowest BCUT2D eigenvalue weighted by atomic mass is 10.0. The molecule has 1 aromatic carbocycles. The number of aryl methyl sites for hydroxylation is 1. The summed E-state index contributed by atoms with van der Waals surface area (Å²) in [5.74, 6) is 1.70. The maximum atomic E-state index is 12.8. The molecule has 3 aromatic rings. The fraction of sp³-hybridized carbons (Fsp3) is 0.400. The highest BCUT2D eigenvalue weighted by atomic mass is 32.1. The van der Waals surface area contributed by atoms with E-state index in [9.17, 15) is 4.79 Å². The van der Waals surface area contributed by atoms with Crippen LogP contribution in [0.15, 0.2) is 36.4 Å². The minimum Gasteiger partial charge on any atom is -0.348 e. The van der Waals surface area contributed by atoms with Gasteiger partial charge in [-0.1, -0.05) is 26.0 Å². The zero-order chi connectivity index (χ0) is 17.6. The van der Waals surface area contributed by atoms with E-state index in [0.29, 0.717) is 5.92 Å². The minimum atomic E-state index is 0.0304. The van der Waals surface area contributed by atoms with Gasteiger partial charge in [0.2, 0.25) is 5.91 Å². The van der Waals surface area contributed by atoms with Gasteiger partial charge in [-0.25, -0.2) is 4.98 Å². The van der Waals surface area contributed by atoms with Crippen molar-refractivity contribution < 1.29 is 4.79 Å². The molecule has 0 radical (unpaired) electrons. The van der Waals surface area contributed by atoms with Crippen LogP contribution in [0, 0.1) is 18.8 Å².